The molecule has 1 aromatic carbocycles. The van der Waals surface area contributed by atoms with E-state index in [-0.39, 0.29) is 16.9 Å². The number of benzene rings is 1. The van der Waals surface area contributed by atoms with Crippen LogP contribution in [0.1, 0.15) is 38.8 Å². The van der Waals surface area contributed by atoms with Crippen molar-refractivity contribution in [2.24, 2.45) is 0 Å². The van der Waals surface area contributed by atoms with Crippen molar-refractivity contribution in [1.29, 1.82) is 5.41 Å². The van der Waals surface area contributed by atoms with Crippen molar-refractivity contribution < 1.29 is 15.8 Å². The van der Waals surface area contributed by atoms with Crippen LogP contribution in [0.2, 0.25) is 0 Å². The molecule has 0 aliphatic rings. The number of rotatable bonds is 4. The minimum absolute atomic E-state index is 0.0296. The van der Waals surface area contributed by atoms with Gasteiger partial charge in [0, 0.05) is 12.5 Å². The molecule has 0 atom stereocenters. The second kappa shape index (κ2) is 6.01. The summed E-state index contributed by atoms with van der Waals surface area (Å²) < 4.78 is 0. The lowest BCUT2D eigenvalue weighted by Crippen LogP contribution is -2.77. The molecule has 0 heterocycles. The smallest absolute Gasteiger partial charge is 0.209 e. The van der Waals surface area contributed by atoms with Crippen LogP contribution < -0.4 is 10.7 Å². The molecular weight excluding hydrogens is 250 g/mol. The molecule has 0 amide bonds. The van der Waals surface area contributed by atoms with Crippen molar-refractivity contribution >= 4 is 17.1 Å². The van der Waals surface area contributed by atoms with Crippen molar-refractivity contribution in [3.05, 3.63) is 41.2 Å². The first kappa shape index (κ1) is 16.1. The highest BCUT2D eigenvalue weighted by Crippen LogP contribution is 2.23. The summed E-state index contributed by atoms with van der Waals surface area (Å²) in [5, 5.41) is 25.3. The van der Waals surface area contributed by atoms with Gasteiger partial charge < -0.3 is 10.4 Å². The largest absolute Gasteiger partial charge is 0.501 e. The fourth-order valence-corrected chi connectivity index (χ4v) is 1.91. The summed E-state index contributed by atoms with van der Waals surface area (Å²) in [4.78, 5) is 0. The minimum Gasteiger partial charge on any atom is -0.501 e. The number of allylic oxidation sites excluding steroid dienone is 1. The van der Waals surface area contributed by atoms with Crippen LogP contribution in [0.5, 0.6) is 0 Å². The lowest BCUT2D eigenvalue weighted by atomic mass is 9.86. The summed E-state index contributed by atoms with van der Waals surface area (Å²) in [5.41, 5.74) is 3.09. The Labute approximate surface area is 120 Å². The van der Waals surface area contributed by atoms with Crippen LogP contribution in [-0.4, -0.2) is 23.6 Å². The first-order valence-corrected chi connectivity index (χ1v) is 6.70. The first-order valence-electron chi connectivity index (χ1n) is 6.70. The minimum atomic E-state index is -0.0870. The molecule has 4 nitrogen and oxygen atoms in total. The fourth-order valence-electron chi connectivity index (χ4n) is 1.91. The predicted molar refractivity (Wildman–Crippen MR) is 82.9 cm³/mol. The van der Waals surface area contributed by atoms with E-state index in [9.17, 15) is 5.11 Å². The van der Waals surface area contributed by atoms with Gasteiger partial charge in [-0.1, -0.05) is 32.9 Å². The van der Waals surface area contributed by atoms with E-state index >= 15 is 0 Å². The van der Waals surface area contributed by atoms with Crippen LogP contribution in [0.25, 0.3) is 5.70 Å². The van der Waals surface area contributed by atoms with Crippen molar-refractivity contribution in [2.75, 3.05) is 7.05 Å². The third-order valence-corrected chi connectivity index (χ3v) is 3.24. The van der Waals surface area contributed by atoms with E-state index in [2.05, 4.69) is 32.9 Å². The molecule has 0 aromatic heterocycles. The Hall–Kier alpha value is -1.94. The maximum Gasteiger partial charge on any atom is 0.209 e. The zero-order valence-electron chi connectivity index (χ0n) is 12.9. The predicted octanol–water partition coefficient (Wildman–Crippen LogP) is 0.644. The van der Waals surface area contributed by atoms with Crippen LogP contribution in [0.3, 0.4) is 0 Å². The molecule has 0 fully saturated rings. The molecule has 0 aliphatic carbocycles. The average molecular weight is 275 g/mol. The van der Waals surface area contributed by atoms with E-state index in [1.807, 2.05) is 19.2 Å². The maximum atomic E-state index is 10.2. The van der Waals surface area contributed by atoms with Crippen LogP contribution >= 0.6 is 0 Å². The monoisotopic (exact) mass is 275 g/mol. The second-order valence-electron chi connectivity index (χ2n) is 5.94. The molecule has 1 aromatic rings. The zero-order valence-corrected chi connectivity index (χ0v) is 12.9. The molecule has 0 saturated carbocycles. The highest BCUT2D eigenvalue weighted by molar-refractivity contribution is 6.44. The van der Waals surface area contributed by atoms with Crippen LogP contribution in [0, 0.1) is 5.41 Å². The molecular formula is C16H25N3O+2. The Morgan fingerprint density at radius 2 is 1.70 bits per heavy atom. The van der Waals surface area contributed by atoms with Gasteiger partial charge in [-0.15, -0.1) is 0 Å². The third-order valence-electron chi connectivity index (χ3n) is 3.24. The molecule has 20 heavy (non-hydrogen) atoms. The number of hydrogen-bond donors (Lipinski definition) is 4. The number of aliphatic hydroxyl groups is 1. The summed E-state index contributed by atoms with van der Waals surface area (Å²) in [6.07, 6.45) is 0. The molecule has 6 N–H and O–H groups in total. The van der Waals surface area contributed by atoms with E-state index in [1.165, 1.54) is 5.56 Å². The number of hydrogen-bond acceptors (Lipinski definition) is 2. The Balaban J connectivity index is 3.24. The average Bonchev–Trinajstić information content (AvgIpc) is 2.38. The number of aliphatic hydroxyl groups excluding tert-OH is 1. The SMILES string of the molecule is C[NH2+]C(=C(O)C(=N)C(C)=[NH2+])c1ccc(C(C)(C)C)cc1. The van der Waals surface area contributed by atoms with Gasteiger partial charge in [-0.25, -0.2) is 0 Å². The molecule has 0 radical (unpaired) electrons. The number of nitrogens with two attached hydrogens (primary N) is 2. The van der Waals surface area contributed by atoms with E-state index in [4.69, 9.17) is 10.8 Å². The lowest BCUT2D eigenvalue weighted by molar-refractivity contribution is -0.531. The summed E-state index contributed by atoms with van der Waals surface area (Å²) in [5.74, 6) is -0.0870. The van der Waals surface area contributed by atoms with Gasteiger partial charge >= 0.3 is 0 Å². The molecule has 0 saturated heterocycles. The van der Waals surface area contributed by atoms with Gasteiger partial charge in [0.2, 0.25) is 5.76 Å². The van der Waals surface area contributed by atoms with Crippen molar-refractivity contribution in [2.45, 2.75) is 33.1 Å². The highest BCUT2D eigenvalue weighted by Gasteiger charge is 2.20. The fraction of sp³-hybridized carbons (Fsp3) is 0.375. The number of nitrogens with one attached hydrogen (secondary N) is 1. The van der Waals surface area contributed by atoms with Crippen LogP contribution in [-0.2, 0) is 5.41 Å². The van der Waals surface area contributed by atoms with Crippen LogP contribution in [0.15, 0.2) is 30.0 Å². The van der Waals surface area contributed by atoms with E-state index < -0.39 is 0 Å². The van der Waals surface area contributed by atoms with E-state index in [0.717, 1.165) is 5.56 Å². The third kappa shape index (κ3) is 3.54. The van der Waals surface area contributed by atoms with E-state index in [0.29, 0.717) is 11.4 Å². The Bertz CT molecular complexity index is 548. The first-order chi connectivity index (χ1) is 9.18. The molecule has 0 unspecified atom stereocenters. The topological polar surface area (TPSA) is 86.3 Å². The quantitative estimate of drug-likeness (QED) is 0.472. The van der Waals surface area contributed by atoms with Crippen molar-refractivity contribution in [3.63, 3.8) is 0 Å². The standard InChI is InChI=1S/C16H23N3O/c1-10(17)13(18)15(20)14(19-5)11-6-8-12(9-7-11)16(2,3)4/h6-9,17-20H,1-5H3/p+2. The Morgan fingerprint density at radius 3 is 2.05 bits per heavy atom. The van der Waals surface area contributed by atoms with Crippen molar-refractivity contribution in [1.82, 2.24) is 0 Å². The second-order valence-corrected chi connectivity index (χ2v) is 5.94. The highest BCUT2D eigenvalue weighted by atomic mass is 16.3. The van der Waals surface area contributed by atoms with Gasteiger partial charge in [0.15, 0.2) is 17.1 Å². The van der Waals surface area contributed by atoms with Gasteiger partial charge in [0.05, 0.1) is 7.05 Å². The lowest BCUT2D eigenvalue weighted by Gasteiger charge is -2.19. The van der Waals surface area contributed by atoms with Gasteiger partial charge in [0.1, 0.15) is 0 Å². The van der Waals surface area contributed by atoms with Gasteiger partial charge in [0.25, 0.3) is 0 Å². The molecule has 1 rings (SSSR count). The summed E-state index contributed by atoms with van der Waals surface area (Å²) in [6.45, 7) is 8.08. The van der Waals surface area contributed by atoms with Gasteiger partial charge in [-0.2, -0.15) is 0 Å². The van der Waals surface area contributed by atoms with Gasteiger partial charge in [-0.3, -0.25) is 10.8 Å². The molecule has 0 spiro atoms. The maximum absolute atomic E-state index is 10.2. The van der Waals surface area contributed by atoms with Crippen molar-refractivity contribution in [3.8, 4) is 0 Å². The molecule has 0 aliphatic heterocycles. The van der Waals surface area contributed by atoms with E-state index in [1.54, 1.807) is 12.2 Å². The summed E-state index contributed by atoms with van der Waals surface area (Å²) >= 11 is 0. The zero-order chi connectivity index (χ0) is 15.5. The summed E-state index contributed by atoms with van der Waals surface area (Å²) in [6, 6.07) is 8.03. The van der Waals surface area contributed by atoms with Gasteiger partial charge in [-0.05, 0) is 23.1 Å². The normalized spacial score (nSPS) is 12.8. The Kier molecular flexibility index (Phi) is 4.84. The van der Waals surface area contributed by atoms with Crippen LogP contribution in [0.4, 0.5) is 0 Å². The molecule has 0 bridgehead atoms. The Morgan fingerprint density at radius 1 is 1.20 bits per heavy atom. The molecule has 4 heteroatoms. The summed E-state index contributed by atoms with van der Waals surface area (Å²) in [7, 11) is 1.84. The molecule has 108 valence electrons. The number of quaternary nitrogens is 1.